The minimum absolute atomic E-state index is 0.667. The van der Waals surface area contributed by atoms with E-state index in [4.69, 9.17) is 10.2 Å². The van der Waals surface area contributed by atoms with Gasteiger partial charge >= 0.3 is 0 Å². The lowest BCUT2D eigenvalue weighted by Gasteiger charge is -1.98. The van der Waals surface area contributed by atoms with Crippen molar-refractivity contribution in [2.45, 2.75) is 13.3 Å². The maximum atomic E-state index is 5.75. The third-order valence-corrected chi connectivity index (χ3v) is 2.66. The van der Waals surface area contributed by atoms with Gasteiger partial charge in [0.05, 0.1) is 0 Å². The highest BCUT2D eigenvalue weighted by Gasteiger charge is 2.11. The highest BCUT2D eigenvalue weighted by Crippen LogP contribution is 2.22. The van der Waals surface area contributed by atoms with Gasteiger partial charge in [-0.25, -0.2) is 0 Å². The van der Waals surface area contributed by atoms with Crippen LogP contribution in [0.3, 0.4) is 0 Å². The minimum Gasteiger partial charge on any atom is -0.458 e. The summed E-state index contributed by atoms with van der Waals surface area (Å²) in [4.78, 5) is 0. The van der Waals surface area contributed by atoms with E-state index in [1.54, 1.807) is 12.3 Å². The second-order valence-electron chi connectivity index (χ2n) is 3.83. The van der Waals surface area contributed by atoms with Gasteiger partial charge in [-0.3, -0.25) is 4.40 Å². The Labute approximate surface area is 97.9 Å². The number of nitrogens with zero attached hydrogens (tertiary/aromatic N) is 3. The van der Waals surface area contributed by atoms with Crippen LogP contribution in [0.4, 0.5) is 5.69 Å². The van der Waals surface area contributed by atoms with Crippen LogP contribution in [0, 0.1) is 0 Å². The number of furan rings is 1. The molecule has 0 saturated heterocycles. The molecule has 2 N–H and O–H groups in total. The first-order valence-corrected chi connectivity index (χ1v) is 5.47. The Morgan fingerprint density at radius 1 is 1.24 bits per heavy atom. The number of nitrogen functional groups attached to an aromatic ring is 1. The number of hydrogen-bond donors (Lipinski definition) is 1. The fourth-order valence-electron chi connectivity index (χ4n) is 1.76. The van der Waals surface area contributed by atoms with Crippen LogP contribution >= 0.6 is 0 Å². The molecule has 0 bridgehead atoms. The summed E-state index contributed by atoms with van der Waals surface area (Å²) in [5, 5.41) is 8.19. The first-order chi connectivity index (χ1) is 8.28. The molecule has 3 aromatic rings. The van der Waals surface area contributed by atoms with E-state index in [1.165, 1.54) is 0 Å². The van der Waals surface area contributed by atoms with E-state index in [-0.39, 0.29) is 0 Å². The number of hydrogen-bond acceptors (Lipinski definition) is 4. The zero-order valence-electron chi connectivity index (χ0n) is 9.42. The lowest BCUT2D eigenvalue weighted by molar-refractivity contribution is 0.525. The van der Waals surface area contributed by atoms with Crippen molar-refractivity contribution in [1.82, 2.24) is 14.6 Å². The van der Waals surface area contributed by atoms with Crippen molar-refractivity contribution in [3.8, 4) is 11.6 Å². The summed E-state index contributed by atoms with van der Waals surface area (Å²) in [5.74, 6) is 2.31. The second kappa shape index (κ2) is 3.62. The predicted octanol–water partition coefficient (Wildman–Crippen LogP) is 2.13. The number of rotatable bonds is 2. The first-order valence-electron chi connectivity index (χ1n) is 5.47. The van der Waals surface area contributed by atoms with E-state index in [0.717, 1.165) is 17.8 Å². The number of nitrogens with two attached hydrogens (primary N) is 1. The summed E-state index contributed by atoms with van der Waals surface area (Å²) in [6, 6.07) is 7.48. The Morgan fingerprint density at radius 3 is 2.88 bits per heavy atom. The molecule has 86 valence electrons. The van der Waals surface area contributed by atoms with E-state index >= 15 is 0 Å². The van der Waals surface area contributed by atoms with Gasteiger partial charge < -0.3 is 10.2 Å². The quantitative estimate of drug-likeness (QED) is 0.729. The van der Waals surface area contributed by atoms with Crippen molar-refractivity contribution in [2.75, 3.05) is 5.73 Å². The van der Waals surface area contributed by atoms with Crippen molar-refractivity contribution in [3.05, 3.63) is 36.2 Å². The van der Waals surface area contributed by atoms with Crippen molar-refractivity contribution in [2.24, 2.45) is 0 Å². The van der Waals surface area contributed by atoms with Gasteiger partial charge in [-0.2, -0.15) is 0 Å². The second-order valence-corrected chi connectivity index (χ2v) is 3.83. The van der Waals surface area contributed by atoms with Crippen LogP contribution in [0.2, 0.25) is 0 Å². The standard InChI is InChI=1S/C12H12N4O/c1-2-9-4-5-10(17-9)12-15-14-11-6-3-8(13)7-16(11)12/h3-7H,2,13H2,1H3. The van der Waals surface area contributed by atoms with Crippen molar-refractivity contribution in [3.63, 3.8) is 0 Å². The SMILES string of the molecule is CCc1ccc(-c2nnc3ccc(N)cn23)o1. The third kappa shape index (κ3) is 1.56. The number of pyridine rings is 1. The van der Waals surface area contributed by atoms with Crippen LogP contribution in [-0.2, 0) is 6.42 Å². The molecule has 0 aromatic carbocycles. The zero-order chi connectivity index (χ0) is 11.8. The number of anilines is 1. The minimum atomic E-state index is 0.667. The van der Waals surface area contributed by atoms with Gasteiger partial charge in [0, 0.05) is 18.3 Å². The molecule has 0 fully saturated rings. The van der Waals surface area contributed by atoms with E-state index in [2.05, 4.69) is 10.2 Å². The van der Waals surface area contributed by atoms with Crippen molar-refractivity contribution in [1.29, 1.82) is 0 Å². The molecule has 0 atom stereocenters. The van der Waals surface area contributed by atoms with Crippen molar-refractivity contribution < 1.29 is 4.42 Å². The van der Waals surface area contributed by atoms with Crippen LogP contribution < -0.4 is 5.73 Å². The molecule has 3 heterocycles. The topological polar surface area (TPSA) is 69.3 Å². The molecule has 3 rings (SSSR count). The van der Waals surface area contributed by atoms with Gasteiger partial charge in [0.2, 0.25) is 5.82 Å². The summed E-state index contributed by atoms with van der Waals surface area (Å²) < 4.78 is 7.49. The van der Waals surface area contributed by atoms with Gasteiger partial charge in [0.15, 0.2) is 11.4 Å². The number of fused-ring (bicyclic) bond motifs is 1. The maximum absolute atomic E-state index is 5.75. The highest BCUT2D eigenvalue weighted by molar-refractivity contribution is 5.57. The number of aromatic nitrogens is 3. The molecule has 0 spiro atoms. The summed E-state index contributed by atoms with van der Waals surface area (Å²) in [6.45, 7) is 2.04. The lowest BCUT2D eigenvalue weighted by Crippen LogP contribution is -1.92. The van der Waals surface area contributed by atoms with Gasteiger partial charge in [-0.05, 0) is 24.3 Å². The average Bonchev–Trinajstić information content (AvgIpc) is 2.93. The molecule has 0 aliphatic heterocycles. The fourth-order valence-corrected chi connectivity index (χ4v) is 1.76. The average molecular weight is 228 g/mol. The molecule has 0 amide bonds. The third-order valence-electron chi connectivity index (χ3n) is 2.66. The normalized spacial score (nSPS) is 11.1. The monoisotopic (exact) mass is 228 g/mol. The Morgan fingerprint density at radius 2 is 2.12 bits per heavy atom. The molecular formula is C12H12N4O. The van der Waals surface area contributed by atoms with E-state index < -0.39 is 0 Å². The summed E-state index contributed by atoms with van der Waals surface area (Å²) in [5.41, 5.74) is 7.18. The zero-order valence-corrected chi connectivity index (χ0v) is 9.42. The van der Waals surface area contributed by atoms with Crippen molar-refractivity contribution >= 4 is 11.3 Å². The molecular weight excluding hydrogens is 216 g/mol. The fraction of sp³-hybridized carbons (Fsp3) is 0.167. The molecule has 3 aromatic heterocycles. The smallest absolute Gasteiger partial charge is 0.204 e. The molecule has 0 saturated carbocycles. The van der Waals surface area contributed by atoms with Crippen LogP contribution in [0.25, 0.3) is 17.2 Å². The molecule has 0 aliphatic carbocycles. The Kier molecular flexibility index (Phi) is 2.11. The maximum Gasteiger partial charge on any atom is 0.204 e. The molecule has 0 unspecified atom stereocenters. The van der Waals surface area contributed by atoms with Crippen LogP contribution in [0.1, 0.15) is 12.7 Å². The van der Waals surface area contributed by atoms with Crippen LogP contribution in [0.5, 0.6) is 0 Å². The Hall–Kier alpha value is -2.30. The Balaban J connectivity index is 2.19. The van der Waals surface area contributed by atoms with Gasteiger partial charge in [-0.1, -0.05) is 6.92 Å². The summed E-state index contributed by atoms with van der Waals surface area (Å²) >= 11 is 0. The van der Waals surface area contributed by atoms with Gasteiger partial charge in [0.25, 0.3) is 0 Å². The van der Waals surface area contributed by atoms with E-state index in [1.807, 2.05) is 29.5 Å². The largest absolute Gasteiger partial charge is 0.458 e. The first kappa shape index (κ1) is 9.89. The summed E-state index contributed by atoms with van der Waals surface area (Å²) in [6.07, 6.45) is 2.65. The molecule has 5 heteroatoms. The van der Waals surface area contributed by atoms with Gasteiger partial charge in [0.1, 0.15) is 5.76 Å². The van der Waals surface area contributed by atoms with Gasteiger partial charge in [-0.15, -0.1) is 10.2 Å². The summed E-state index contributed by atoms with van der Waals surface area (Å²) in [7, 11) is 0. The lowest BCUT2D eigenvalue weighted by atomic mass is 10.3. The predicted molar refractivity (Wildman–Crippen MR) is 64.5 cm³/mol. The number of aryl methyl sites for hydroxylation is 1. The van der Waals surface area contributed by atoms with Crippen LogP contribution in [-0.4, -0.2) is 14.6 Å². The molecule has 17 heavy (non-hydrogen) atoms. The molecule has 0 aliphatic rings. The van der Waals surface area contributed by atoms with E-state index in [9.17, 15) is 0 Å². The van der Waals surface area contributed by atoms with E-state index in [0.29, 0.717) is 17.3 Å². The molecule has 5 nitrogen and oxygen atoms in total. The highest BCUT2D eigenvalue weighted by atomic mass is 16.3. The Bertz CT molecular complexity index is 668. The molecule has 0 radical (unpaired) electrons. The van der Waals surface area contributed by atoms with Crippen LogP contribution in [0.15, 0.2) is 34.9 Å².